The largest absolute Gasteiger partial charge is 0.354 e. The molecule has 5 heteroatoms. The summed E-state index contributed by atoms with van der Waals surface area (Å²) in [5.74, 6) is 0.0784. The minimum absolute atomic E-state index is 0.00722. The number of nitrogens with two attached hydrogens (primary N) is 1. The number of nitrogens with zero attached hydrogens (tertiary/aromatic N) is 2. The summed E-state index contributed by atoms with van der Waals surface area (Å²) in [7, 11) is 0. The third-order valence-corrected chi connectivity index (χ3v) is 3.73. The van der Waals surface area contributed by atoms with Crippen molar-refractivity contribution in [3.8, 4) is 0 Å². The fraction of sp³-hybridized carbons (Fsp3) is 0.667. The number of rotatable bonds is 4. The molecule has 1 saturated carbocycles. The van der Waals surface area contributed by atoms with Gasteiger partial charge >= 0.3 is 0 Å². The van der Waals surface area contributed by atoms with Crippen molar-refractivity contribution in [1.82, 2.24) is 15.1 Å². The van der Waals surface area contributed by atoms with Crippen LogP contribution in [0.25, 0.3) is 0 Å². The van der Waals surface area contributed by atoms with E-state index in [1.807, 2.05) is 19.2 Å². The van der Waals surface area contributed by atoms with Crippen molar-refractivity contribution in [2.75, 3.05) is 6.54 Å². The summed E-state index contributed by atoms with van der Waals surface area (Å²) in [5.41, 5.74) is 5.62. The normalized spacial score (nSPS) is 28.2. The van der Waals surface area contributed by atoms with E-state index in [2.05, 4.69) is 10.4 Å². The number of aromatic nitrogens is 2. The molecule has 0 radical (unpaired) electrons. The van der Waals surface area contributed by atoms with Gasteiger partial charge in [-0.1, -0.05) is 6.42 Å². The highest BCUT2D eigenvalue weighted by Gasteiger charge is 2.42. The second-order valence-electron chi connectivity index (χ2n) is 4.94. The van der Waals surface area contributed by atoms with Crippen molar-refractivity contribution in [1.29, 1.82) is 0 Å². The lowest BCUT2D eigenvalue weighted by Crippen LogP contribution is -2.48. The Labute approximate surface area is 101 Å². The summed E-state index contributed by atoms with van der Waals surface area (Å²) in [4.78, 5) is 12.1. The van der Waals surface area contributed by atoms with Crippen molar-refractivity contribution < 1.29 is 4.79 Å². The van der Waals surface area contributed by atoms with Gasteiger partial charge in [-0.2, -0.15) is 5.10 Å². The van der Waals surface area contributed by atoms with Gasteiger partial charge < -0.3 is 11.1 Å². The Morgan fingerprint density at radius 2 is 2.53 bits per heavy atom. The fourth-order valence-corrected chi connectivity index (χ4v) is 2.39. The zero-order valence-electron chi connectivity index (χ0n) is 10.2. The molecule has 0 bridgehead atoms. The molecule has 0 saturated heterocycles. The number of hydrogen-bond donors (Lipinski definition) is 2. The number of hydrogen-bond acceptors (Lipinski definition) is 3. The molecule has 3 N–H and O–H groups in total. The molecule has 1 aliphatic rings. The first kappa shape index (κ1) is 12.1. The van der Waals surface area contributed by atoms with Crippen molar-refractivity contribution in [2.45, 2.75) is 38.8 Å². The molecular formula is C12H20N4O. The van der Waals surface area contributed by atoms with E-state index in [9.17, 15) is 4.79 Å². The van der Waals surface area contributed by atoms with Gasteiger partial charge in [-0.25, -0.2) is 0 Å². The maximum atomic E-state index is 12.1. The van der Waals surface area contributed by atoms with E-state index >= 15 is 0 Å². The second kappa shape index (κ2) is 4.87. The molecule has 2 atom stereocenters. The zero-order valence-corrected chi connectivity index (χ0v) is 10.2. The molecule has 17 heavy (non-hydrogen) atoms. The Hall–Kier alpha value is -1.36. The van der Waals surface area contributed by atoms with Crippen LogP contribution in [-0.2, 0) is 11.3 Å². The molecular weight excluding hydrogens is 216 g/mol. The first-order valence-corrected chi connectivity index (χ1v) is 6.14. The topological polar surface area (TPSA) is 72.9 Å². The molecule has 1 amide bonds. The van der Waals surface area contributed by atoms with Crippen LogP contribution in [-0.4, -0.2) is 28.3 Å². The molecule has 1 aromatic heterocycles. The van der Waals surface area contributed by atoms with Crippen LogP contribution in [0.5, 0.6) is 0 Å². The third kappa shape index (κ3) is 2.49. The highest BCUT2D eigenvalue weighted by Crippen LogP contribution is 2.36. The standard InChI is InChI=1S/C12H20N4O/c1-12(5-2-4-10(12)13)11(17)14-7-9-16-8-3-6-15-16/h3,6,8,10H,2,4-5,7,9,13H2,1H3,(H,14,17). The second-order valence-corrected chi connectivity index (χ2v) is 4.94. The molecule has 0 spiro atoms. The van der Waals surface area contributed by atoms with Gasteiger partial charge in [0.1, 0.15) is 0 Å². The summed E-state index contributed by atoms with van der Waals surface area (Å²) in [6.07, 6.45) is 6.50. The number of carbonyl (C=O) groups excluding carboxylic acids is 1. The predicted octanol–water partition coefficient (Wildman–Crippen LogP) is 0.517. The van der Waals surface area contributed by atoms with Gasteiger partial charge in [0.2, 0.25) is 5.91 Å². The van der Waals surface area contributed by atoms with E-state index in [1.54, 1.807) is 10.9 Å². The quantitative estimate of drug-likeness (QED) is 0.800. The number of carbonyl (C=O) groups is 1. The molecule has 0 aromatic carbocycles. The Balaban J connectivity index is 1.81. The van der Waals surface area contributed by atoms with Gasteiger partial charge in [0.25, 0.3) is 0 Å². The van der Waals surface area contributed by atoms with E-state index < -0.39 is 0 Å². The SMILES string of the molecule is CC1(C(=O)NCCn2cccn2)CCCC1N. The van der Waals surface area contributed by atoms with E-state index in [1.165, 1.54) is 0 Å². The molecule has 1 aromatic rings. The van der Waals surface area contributed by atoms with Crippen LogP contribution in [0, 0.1) is 5.41 Å². The van der Waals surface area contributed by atoms with Gasteiger partial charge in [-0.05, 0) is 25.8 Å². The van der Waals surface area contributed by atoms with Gasteiger partial charge in [0, 0.05) is 25.0 Å². The zero-order chi connectivity index (χ0) is 12.3. The van der Waals surface area contributed by atoms with Crippen molar-refractivity contribution in [3.05, 3.63) is 18.5 Å². The molecule has 1 heterocycles. The minimum atomic E-state index is -0.385. The van der Waals surface area contributed by atoms with Crippen molar-refractivity contribution in [2.24, 2.45) is 11.1 Å². The highest BCUT2D eigenvalue weighted by molar-refractivity contribution is 5.83. The summed E-state index contributed by atoms with van der Waals surface area (Å²) in [6.45, 7) is 3.26. The molecule has 94 valence electrons. The van der Waals surface area contributed by atoms with Crippen molar-refractivity contribution in [3.63, 3.8) is 0 Å². The van der Waals surface area contributed by atoms with E-state index in [0.29, 0.717) is 13.1 Å². The van der Waals surface area contributed by atoms with Crippen LogP contribution >= 0.6 is 0 Å². The molecule has 2 rings (SSSR count). The molecule has 1 aliphatic carbocycles. The van der Waals surface area contributed by atoms with Crippen LogP contribution in [0.3, 0.4) is 0 Å². The van der Waals surface area contributed by atoms with Crippen LogP contribution in [0.2, 0.25) is 0 Å². The lowest BCUT2D eigenvalue weighted by Gasteiger charge is -2.27. The summed E-state index contributed by atoms with van der Waals surface area (Å²) in [6, 6.07) is 1.86. The summed E-state index contributed by atoms with van der Waals surface area (Å²) < 4.78 is 1.80. The maximum Gasteiger partial charge on any atom is 0.227 e. The number of nitrogens with one attached hydrogen (secondary N) is 1. The lowest BCUT2D eigenvalue weighted by atomic mass is 9.84. The number of amides is 1. The first-order valence-electron chi connectivity index (χ1n) is 6.14. The fourth-order valence-electron chi connectivity index (χ4n) is 2.39. The highest BCUT2D eigenvalue weighted by atomic mass is 16.2. The maximum absolute atomic E-state index is 12.1. The molecule has 0 aliphatic heterocycles. The molecule has 5 nitrogen and oxygen atoms in total. The van der Waals surface area contributed by atoms with Gasteiger partial charge in [-0.15, -0.1) is 0 Å². The van der Waals surface area contributed by atoms with Gasteiger partial charge in [-0.3, -0.25) is 9.48 Å². The van der Waals surface area contributed by atoms with Gasteiger partial charge in [0.15, 0.2) is 0 Å². The lowest BCUT2D eigenvalue weighted by molar-refractivity contribution is -0.130. The summed E-state index contributed by atoms with van der Waals surface area (Å²) in [5, 5.41) is 7.04. The van der Waals surface area contributed by atoms with E-state index in [-0.39, 0.29) is 17.4 Å². The van der Waals surface area contributed by atoms with Crippen molar-refractivity contribution >= 4 is 5.91 Å². The Bertz CT molecular complexity index is 376. The Kier molecular flexibility index (Phi) is 3.47. The molecule has 1 fully saturated rings. The van der Waals surface area contributed by atoms with Crippen LogP contribution in [0.15, 0.2) is 18.5 Å². The average molecular weight is 236 g/mol. The Morgan fingerprint density at radius 1 is 1.71 bits per heavy atom. The van der Waals surface area contributed by atoms with E-state index in [0.717, 1.165) is 19.3 Å². The average Bonchev–Trinajstić information content (AvgIpc) is 2.91. The first-order chi connectivity index (χ1) is 8.13. The Morgan fingerprint density at radius 3 is 3.12 bits per heavy atom. The summed E-state index contributed by atoms with van der Waals surface area (Å²) >= 11 is 0. The monoisotopic (exact) mass is 236 g/mol. The minimum Gasteiger partial charge on any atom is -0.354 e. The van der Waals surface area contributed by atoms with Gasteiger partial charge in [0.05, 0.1) is 12.0 Å². The predicted molar refractivity (Wildman–Crippen MR) is 65.2 cm³/mol. The molecule has 2 unspecified atom stereocenters. The smallest absolute Gasteiger partial charge is 0.227 e. The third-order valence-electron chi connectivity index (χ3n) is 3.73. The van der Waals surface area contributed by atoms with Crippen LogP contribution in [0.4, 0.5) is 0 Å². The van der Waals surface area contributed by atoms with Crippen LogP contribution < -0.4 is 11.1 Å². The van der Waals surface area contributed by atoms with E-state index in [4.69, 9.17) is 5.73 Å². The van der Waals surface area contributed by atoms with Crippen LogP contribution in [0.1, 0.15) is 26.2 Å².